The summed E-state index contributed by atoms with van der Waals surface area (Å²) in [7, 11) is 0. The molecule has 4 aromatic rings. The second-order valence-corrected chi connectivity index (χ2v) is 5.67. The van der Waals surface area contributed by atoms with E-state index in [9.17, 15) is 13.2 Å². The van der Waals surface area contributed by atoms with Gasteiger partial charge in [0.15, 0.2) is 5.82 Å². The molecule has 0 bridgehead atoms. The van der Waals surface area contributed by atoms with Crippen molar-refractivity contribution in [2.75, 3.05) is 5.32 Å². The molecule has 0 fully saturated rings. The molecule has 0 amide bonds. The number of hydrogen-bond donors (Lipinski definition) is 2. The number of alkyl halides is 3. The van der Waals surface area contributed by atoms with E-state index in [1.54, 1.807) is 6.07 Å². The lowest BCUT2D eigenvalue weighted by atomic mass is 10.1. The zero-order valence-electron chi connectivity index (χ0n) is 12.9. The first kappa shape index (κ1) is 15.4. The Hall–Kier alpha value is -3.09. The molecule has 0 radical (unpaired) electrons. The molecule has 0 spiro atoms. The van der Waals surface area contributed by atoms with E-state index in [0.29, 0.717) is 11.4 Å². The Morgan fingerprint density at radius 3 is 2.68 bits per heavy atom. The number of aromatic amines is 1. The predicted octanol–water partition coefficient (Wildman–Crippen LogP) is 4.74. The molecule has 2 heterocycles. The molecule has 0 saturated heterocycles. The highest BCUT2D eigenvalue weighted by molar-refractivity contribution is 6.07. The van der Waals surface area contributed by atoms with E-state index < -0.39 is 11.7 Å². The largest absolute Gasteiger partial charge is 0.416 e. The number of H-pyrrole nitrogens is 1. The number of nitrogens with zero attached hydrogens (tertiary/aromatic N) is 2. The van der Waals surface area contributed by atoms with Crippen molar-refractivity contribution in [3.8, 4) is 0 Å². The lowest BCUT2D eigenvalue weighted by Crippen LogP contribution is -2.07. The predicted molar refractivity (Wildman–Crippen MR) is 90.2 cm³/mol. The first-order valence-corrected chi connectivity index (χ1v) is 7.64. The molecule has 0 atom stereocenters. The number of anilines is 1. The fraction of sp³-hybridized carbons (Fsp3) is 0.111. The Bertz CT molecular complexity index is 1050. The molecule has 0 aliphatic carbocycles. The lowest BCUT2D eigenvalue weighted by molar-refractivity contribution is -0.137. The SMILES string of the molecule is FC(F)(F)c1cccc(CNc2ncnc3c2[nH]c2ccccc23)c1. The van der Waals surface area contributed by atoms with Crippen molar-refractivity contribution < 1.29 is 13.2 Å². The third-order valence-electron chi connectivity index (χ3n) is 4.00. The van der Waals surface area contributed by atoms with E-state index in [0.717, 1.165) is 34.1 Å². The van der Waals surface area contributed by atoms with Gasteiger partial charge in [0.2, 0.25) is 0 Å². The van der Waals surface area contributed by atoms with Crippen LogP contribution < -0.4 is 5.32 Å². The van der Waals surface area contributed by atoms with Crippen LogP contribution in [-0.2, 0) is 12.7 Å². The Morgan fingerprint density at radius 2 is 1.84 bits per heavy atom. The van der Waals surface area contributed by atoms with Gasteiger partial charge in [-0.15, -0.1) is 0 Å². The van der Waals surface area contributed by atoms with Crippen LogP contribution in [0.3, 0.4) is 0 Å². The maximum absolute atomic E-state index is 12.8. The van der Waals surface area contributed by atoms with Gasteiger partial charge in [0, 0.05) is 17.4 Å². The summed E-state index contributed by atoms with van der Waals surface area (Å²) in [5, 5.41) is 4.07. The van der Waals surface area contributed by atoms with Gasteiger partial charge in [-0.25, -0.2) is 9.97 Å². The van der Waals surface area contributed by atoms with Gasteiger partial charge in [-0.3, -0.25) is 0 Å². The molecule has 0 saturated carbocycles. The molecular weight excluding hydrogens is 329 g/mol. The van der Waals surface area contributed by atoms with Gasteiger partial charge < -0.3 is 10.3 Å². The fourth-order valence-electron chi connectivity index (χ4n) is 2.82. The number of rotatable bonds is 3. The summed E-state index contributed by atoms with van der Waals surface area (Å²) in [6.45, 7) is 0.228. The van der Waals surface area contributed by atoms with E-state index >= 15 is 0 Å². The summed E-state index contributed by atoms with van der Waals surface area (Å²) in [6, 6.07) is 13.0. The van der Waals surface area contributed by atoms with Crippen LogP contribution in [-0.4, -0.2) is 15.0 Å². The molecule has 4 rings (SSSR count). The van der Waals surface area contributed by atoms with Crippen molar-refractivity contribution in [1.29, 1.82) is 0 Å². The molecule has 0 aliphatic rings. The number of fused-ring (bicyclic) bond motifs is 3. The van der Waals surface area contributed by atoms with Crippen molar-refractivity contribution in [3.05, 3.63) is 66.0 Å². The first-order chi connectivity index (χ1) is 12.0. The van der Waals surface area contributed by atoms with Crippen LogP contribution in [0.5, 0.6) is 0 Å². The van der Waals surface area contributed by atoms with E-state index in [2.05, 4.69) is 20.3 Å². The van der Waals surface area contributed by atoms with E-state index in [1.165, 1.54) is 12.4 Å². The van der Waals surface area contributed by atoms with Gasteiger partial charge in [0.1, 0.15) is 17.4 Å². The molecule has 25 heavy (non-hydrogen) atoms. The third-order valence-corrected chi connectivity index (χ3v) is 4.00. The van der Waals surface area contributed by atoms with Crippen LogP contribution in [0.15, 0.2) is 54.9 Å². The number of hydrogen-bond acceptors (Lipinski definition) is 3. The molecular formula is C18H13F3N4. The normalized spacial score (nSPS) is 12.0. The molecule has 2 aromatic carbocycles. The van der Waals surface area contributed by atoms with Gasteiger partial charge in [0.05, 0.1) is 5.56 Å². The quantitative estimate of drug-likeness (QED) is 0.565. The van der Waals surface area contributed by atoms with Crippen molar-refractivity contribution >= 4 is 27.8 Å². The summed E-state index contributed by atoms with van der Waals surface area (Å²) >= 11 is 0. The number of benzene rings is 2. The smallest absolute Gasteiger partial charge is 0.364 e. The van der Waals surface area contributed by atoms with Crippen molar-refractivity contribution in [3.63, 3.8) is 0 Å². The summed E-state index contributed by atoms with van der Waals surface area (Å²) in [4.78, 5) is 11.8. The van der Waals surface area contributed by atoms with Crippen LogP contribution in [0.2, 0.25) is 0 Å². The minimum atomic E-state index is -4.35. The van der Waals surface area contributed by atoms with Gasteiger partial charge in [0.25, 0.3) is 0 Å². The number of aromatic nitrogens is 3. The average Bonchev–Trinajstić information content (AvgIpc) is 2.99. The molecule has 0 unspecified atom stereocenters. The molecule has 0 aliphatic heterocycles. The minimum absolute atomic E-state index is 0.228. The van der Waals surface area contributed by atoms with Crippen LogP contribution in [0.1, 0.15) is 11.1 Å². The van der Waals surface area contributed by atoms with Crippen molar-refractivity contribution in [1.82, 2.24) is 15.0 Å². The molecule has 2 N–H and O–H groups in total. The summed E-state index contributed by atoms with van der Waals surface area (Å²) < 4.78 is 38.4. The zero-order chi connectivity index (χ0) is 17.4. The second kappa shape index (κ2) is 5.77. The monoisotopic (exact) mass is 342 g/mol. The van der Waals surface area contributed by atoms with E-state index in [1.807, 2.05) is 24.3 Å². The van der Waals surface area contributed by atoms with Crippen LogP contribution in [0.4, 0.5) is 19.0 Å². The Labute approximate surface area is 140 Å². The molecule has 7 heteroatoms. The fourth-order valence-corrected chi connectivity index (χ4v) is 2.82. The molecule has 126 valence electrons. The van der Waals surface area contributed by atoms with Gasteiger partial charge >= 0.3 is 6.18 Å². The summed E-state index contributed by atoms with van der Waals surface area (Å²) in [5.41, 5.74) is 2.30. The summed E-state index contributed by atoms with van der Waals surface area (Å²) in [5.74, 6) is 0.554. The van der Waals surface area contributed by atoms with Crippen LogP contribution in [0.25, 0.3) is 21.9 Å². The lowest BCUT2D eigenvalue weighted by Gasteiger charge is -2.10. The highest BCUT2D eigenvalue weighted by Crippen LogP contribution is 2.30. The van der Waals surface area contributed by atoms with Crippen LogP contribution >= 0.6 is 0 Å². The highest BCUT2D eigenvalue weighted by Gasteiger charge is 2.30. The molecule has 2 aromatic heterocycles. The van der Waals surface area contributed by atoms with Crippen molar-refractivity contribution in [2.24, 2.45) is 0 Å². The Morgan fingerprint density at radius 1 is 1.00 bits per heavy atom. The second-order valence-electron chi connectivity index (χ2n) is 5.67. The van der Waals surface area contributed by atoms with Crippen molar-refractivity contribution in [2.45, 2.75) is 12.7 Å². The first-order valence-electron chi connectivity index (χ1n) is 7.64. The maximum atomic E-state index is 12.8. The topological polar surface area (TPSA) is 53.6 Å². The minimum Gasteiger partial charge on any atom is -0.364 e. The Balaban J connectivity index is 1.66. The van der Waals surface area contributed by atoms with E-state index in [4.69, 9.17) is 0 Å². The summed E-state index contributed by atoms with van der Waals surface area (Å²) in [6.07, 6.45) is -2.91. The number of halogens is 3. The maximum Gasteiger partial charge on any atom is 0.416 e. The molecule has 4 nitrogen and oxygen atoms in total. The van der Waals surface area contributed by atoms with Gasteiger partial charge in [-0.2, -0.15) is 13.2 Å². The number of nitrogens with one attached hydrogen (secondary N) is 2. The zero-order valence-corrected chi connectivity index (χ0v) is 12.9. The van der Waals surface area contributed by atoms with Gasteiger partial charge in [-0.05, 0) is 23.8 Å². The van der Waals surface area contributed by atoms with Crippen LogP contribution in [0, 0.1) is 0 Å². The highest BCUT2D eigenvalue weighted by atomic mass is 19.4. The standard InChI is InChI=1S/C18H13F3N4/c19-18(20,21)12-5-3-4-11(8-12)9-22-17-16-15(23-10-24-17)13-6-1-2-7-14(13)25-16/h1-8,10,25H,9H2,(H,22,23,24). The van der Waals surface area contributed by atoms with E-state index in [-0.39, 0.29) is 6.54 Å². The average molecular weight is 342 g/mol. The van der Waals surface area contributed by atoms with Gasteiger partial charge in [-0.1, -0.05) is 30.3 Å². The number of para-hydroxylation sites is 1. The third kappa shape index (κ3) is 2.88. The Kier molecular flexibility index (Phi) is 3.56.